The molecule has 2 aromatic carbocycles. The number of nitrogens with zero attached hydrogens (tertiary/aromatic N) is 2. The number of para-hydroxylation sites is 1. The highest BCUT2D eigenvalue weighted by Gasteiger charge is 2.12. The Morgan fingerprint density at radius 1 is 1.22 bits per heavy atom. The van der Waals surface area contributed by atoms with Crippen molar-refractivity contribution in [1.82, 2.24) is 14.9 Å². The first-order valence-corrected chi connectivity index (χ1v) is 7.52. The number of ether oxygens (including phenoxy) is 1. The van der Waals surface area contributed by atoms with Crippen molar-refractivity contribution in [3.05, 3.63) is 59.9 Å². The van der Waals surface area contributed by atoms with Crippen molar-refractivity contribution in [2.45, 2.75) is 6.92 Å². The lowest BCUT2D eigenvalue weighted by atomic mass is 10.2. The van der Waals surface area contributed by atoms with Crippen LogP contribution in [0.5, 0.6) is 0 Å². The lowest BCUT2D eigenvalue weighted by Crippen LogP contribution is -2.26. The summed E-state index contributed by atoms with van der Waals surface area (Å²) in [4.78, 5) is 16.7. The highest BCUT2D eigenvalue weighted by molar-refractivity contribution is 5.97. The number of carbonyl (C=O) groups is 1. The Labute approximate surface area is 134 Å². The topological polar surface area (TPSA) is 56.1 Å². The number of fused-ring (bicyclic) bond motifs is 1. The molecule has 0 aliphatic rings. The molecule has 0 bridgehead atoms. The zero-order valence-electron chi connectivity index (χ0n) is 13.2. The maximum Gasteiger partial charge on any atom is 0.251 e. The highest BCUT2D eigenvalue weighted by Crippen LogP contribution is 2.22. The van der Waals surface area contributed by atoms with Gasteiger partial charge in [0.2, 0.25) is 0 Å². The average molecular weight is 309 g/mol. The zero-order chi connectivity index (χ0) is 16.2. The fourth-order valence-electron chi connectivity index (χ4n) is 2.61. The molecule has 3 rings (SSSR count). The van der Waals surface area contributed by atoms with Crippen LogP contribution in [0.2, 0.25) is 0 Å². The van der Waals surface area contributed by atoms with E-state index in [-0.39, 0.29) is 5.91 Å². The number of aromatic nitrogens is 2. The van der Waals surface area contributed by atoms with E-state index in [9.17, 15) is 4.79 Å². The standard InChI is InChI=1S/C18H19N3O2/c1-13-20-16-12-14(18(22)19-10-11-23-2)8-9-17(16)21(13)15-6-4-3-5-7-15/h3-9,12H,10-11H2,1-2H3,(H,19,22). The van der Waals surface area contributed by atoms with E-state index < -0.39 is 0 Å². The first-order chi connectivity index (χ1) is 11.2. The van der Waals surface area contributed by atoms with E-state index >= 15 is 0 Å². The Kier molecular flexibility index (Phi) is 4.39. The number of rotatable bonds is 5. The average Bonchev–Trinajstić information content (AvgIpc) is 2.90. The van der Waals surface area contributed by atoms with Gasteiger partial charge in [-0.1, -0.05) is 18.2 Å². The second-order valence-corrected chi connectivity index (χ2v) is 5.28. The summed E-state index contributed by atoms with van der Waals surface area (Å²) >= 11 is 0. The minimum Gasteiger partial charge on any atom is -0.383 e. The van der Waals surface area contributed by atoms with Crippen LogP contribution in [0.25, 0.3) is 16.7 Å². The molecular formula is C18H19N3O2. The number of hydrogen-bond acceptors (Lipinski definition) is 3. The Balaban J connectivity index is 1.95. The molecule has 0 saturated heterocycles. The van der Waals surface area contributed by atoms with Crippen LogP contribution < -0.4 is 5.32 Å². The molecule has 1 aromatic heterocycles. The van der Waals surface area contributed by atoms with Crippen LogP contribution in [0.3, 0.4) is 0 Å². The molecule has 0 aliphatic carbocycles. The number of aryl methyl sites for hydroxylation is 1. The Morgan fingerprint density at radius 3 is 2.74 bits per heavy atom. The molecule has 1 amide bonds. The van der Waals surface area contributed by atoms with Gasteiger partial charge in [-0.15, -0.1) is 0 Å². The fraction of sp³-hybridized carbons (Fsp3) is 0.222. The Morgan fingerprint density at radius 2 is 2.00 bits per heavy atom. The summed E-state index contributed by atoms with van der Waals surface area (Å²) in [6.07, 6.45) is 0. The van der Waals surface area contributed by atoms with Crippen LogP contribution in [0.4, 0.5) is 0 Å². The van der Waals surface area contributed by atoms with Crippen molar-refractivity contribution >= 4 is 16.9 Å². The van der Waals surface area contributed by atoms with Gasteiger partial charge in [-0.3, -0.25) is 9.36 Å². The number of carbonyl (C=O) groups excluding carboxylic acids is 1. The number of amides is 1. The third kappa shape index (κ3) is 3.10. The maximum absolute atomic E-state index is 12.1. The molecule has 23 heavy (non-hydrogen) atoms. The minimum absolute atomic E-state index is 0.115. The molecule has 118 valence electrons. The Hall–Kier alpha value is -2.66. The van der Waals surface area contributed by atoms with E-state index in [2.05, 4.69) is 14.9 Å². The summed E-state index contributed by atoms with van der Waals surface area (Å²) < 4.78 is 7.02. The maximum atomic E-state index is 12.1. The SMILES string of the molecule is COCCNC(=O)c1ccc2c(c1)nc(C)n2-c1ccccc1. The van der Waals surface area contributed by atoms with Crippen molar-refractivity contribution < 1.29 is 9.53 Å². The molecule has 1 N–H and O–H groups in total. The van der Waals surface area contributed by atoms with Crippen molar-refractivity contribution in [3.8, 4) is 5.69 Å². The molecule has 1 heterocycles. The molecule has 0 saturated carbocycles. The molecule has 0 atom stereocenters. The quantitative estimate of drug-likeness (QED) is 0.737. The van der Waals surface area contributed by atoms with Gasteiger partial charge in [0.1, 0.15) is 5.82 Å². The minimum atomic E-state index is -0.115. The summed E-state index contributed by atoms with van der Waals surface area (Å²) in [7, 11) is 1.61. The van der Waals surface area contributed by atoms with Gasteiger partial charge in [0.15, 0.2) is 0 Å². The molecule has 0 spiro atoms. The van der Waals surface area contributed by atoms with E-state index in [4.69, 9.17) is 4.74 Å². The van der Waals surface area contributed by atoms with Gasteiger partial charge in [0.25, 0.3) is 5.91 Å². The fourth-order valence-corrected chi connectivity index (χ4v) is 2.61. The summed E-state index contributed by atoms with van der Waals surface area (Å²) in [5.41, 5.74) is 3.46. The van der Waals surface area contributed by atoms with Gasteiger partial charge in [-0.25, -0.2) is 4.98 Å². The van der Waals surface area contributed by atoms with Gasteiger partial charge in [-0.2, -0.15) is 0 Å². The molecule has 0 fully saturated rings. The van der Waals surface area contributed by atoms with E-state index in [0.717, 1.165) is 22.5 Å². The first-order valence-electron chi connectivity index (χ1n) is 7.52. The Bertz CT molecular complexity index is 825. The first kappa shape index (κ1) is 15.2. The summed E-state index contributed by atoms with van der Waals surface area (Å²) in [6.45, 7) is 2.95. The molecule has 0 unspecified atom stereocenters. The lowest BCUT2D eigenvalue weighted by Gasteiger charge is -2.07. The number of benzene rings is 2. The van der Waals surface area contributed by atoms with Gasteiger partial charge in [0.05, 0.1) is 17.6 Å². The lowest BCUT2D eigenvalue weighted by molar-refractivity contribution is 0.0937. The molecular weight excluding hydrogens is 290 g/mol. The van der Waals surface area contributed by atoms with Crippen LogP contribution >= 0.6 is 0 Å². The molecule has 0 radical (unpaired) electrons. The molecule has 0 aliphatic heterocycles. The van der Waals surface area contributed by atoms with Crippen LogP contribution in [0, 0.1) is 6.92 Å². The summed E-state index contributed by atoms with van der Waals surface area (Å²) in [5.74, 6) is 0.777. The van der Waals surface area contributed by atoms with E-state index in [1.807, 2.05) is 55.5 Å². The number of hydrogen-bond donors (Lipinski definition) is 1. The van der Waals surface area contributed by atoms with Crippen molar-refractivity contribution in [2.24, 2.45) is 0 Å². The third-order valence-electron chi connectivity index (χ3n) is 3.69. The molecule has 5 heteroatoms. The van der Waals surface area contributed by atoms with Gasteiger partial charge < -0.3 is 10.1 Å². The number of methoxy groups -OCH3 is 1. The van der Waals surface area contributed by atoms with Crippen LogP contribution in [-0.4, -0.2) is 35.7 Å². The predicted molar refractivity (Wildman–Crippen MR) is 90.0 cm³/mol. The van der Waals surface area contributed by atoms with Crippen molar-refractivity contribution in [2.75, 3.05) is 20.3 Å². The third-order valence-corrected chi connectivity index (χ3v) is 3.69. The highest BCUT2D eigenvalue weighted by atomic mass is 16.5. The second-order valence-electron chi connectivity index (χ2n) is 5.28. The van der Waals surface area contributed by atoms with E-state index in [1.54, 1.807) is 7.11 Å². The number of imidazole rings is 1. The van der Waals surface area contributed by atoms with Gasteiger partial charge >= 0.3 is 0 Å². The zero-order valence-corrected chi connectivity index (χ0v) is 13.2. The van der Waals surface area contributed by atoms with Gasteiger partial charge in [-0.05, 0) is 37.3 Å². The van der Waals surface area contributed by atoms with E-state index in [0.29, 0.717) is 18.7 Å². The predicted octanol–water partition coefficient (Wildman–Crippen LogP) is 2.71. The molecule has 5 nitrogen and oxygen atoms in total. The van der Waals surface area contributed by atoms with Crippen LogP contribution in [-0.2, 0) is 4.74 Å². The second kappa shape index (κ2) is 6.62. The monoisotopic (exact) mass is 309 g/mol. The van der Waals surface area contributed by atoms with Crippen molar-refractivity contribution in [3.63, 3.8) is 0 Å². The number of nitrogens with one attached hydrogen (secondary N) is 1. The van der Waals surface area contributed by atoms with E-state index in [1.165, 1.54) is 0 Å². The van der Waals surface area contributed by atoms with Crippen LogP contribution in [0.15, 0.2) is 48.5 Å². The smallest absolute Gasteiger partial charge is 0.251 e. The van der Waals surface area contributed by atoms with Crippen LogP contribution in [0.1, 0.15) is 16.2 Å². The normalized spacial score (nSPS) is 10.9. The molecule has 3 aromatic rings. The van der Waals surface area contributed by atoms with Crippen molar-refractivity contribution in [1.29, 1.82) is 0 Å². The largest absolute Gasteiger partial charge is 0.383 e. The van der Waals surface area contributed by atoms with Gasteiger partial charge in [0, 0.05) is 24.9 Å². The summed E-state index contributed by atoms with van der Waals surface area (Å²) in [6, 6.07) is 15.7. The summed E-state index contributed by atoms with van der Waals surface area (Å²) in [5, 5.41) is 2.82.